The normalized spacial score (nSPS) is 20.0. The maximum atomic E-state index is 12.8. The number of ether oxygens (including phenoxy) is 3. The number of anilines is 2. The molecule has 49 heavy (non-hydrogen) atoms. The van der Waals surface area contributed by atoms with Gasteiger partial charge in [-0.05, 0) is 80.7 Å². The summed E-state index contributed by atoms with van der Waals surface area (Å²) >= 11 is 0. The summed E-state index contributed by atoms with van der Waals surface area (Å²) in [5.41, 5.74) is 4.62. The van der Waals surface area contributed by atoms with Crippen molar-refractivity contribution < 1.29 is 14.2 Å². The molecule has 0 bridgehead atoms. The van der Waals surface area contributed by atoms with Crippen LogP contribution in [0.2, 0.25) is 0 Å². The molecule has 0 saturated carbocycles. The number of piperazine rings is 1. The predicted molar refractivity (Wildman–Crippen MR) is 187 cm³/mol. The minimum Gasteiger partial charge on any atom is -0.491 e. The van der Waals surface area contributed by atoms with Gasteiger partial charge in [-0.2, -0.15) is 20.1 Å². The van der Waals surface area contributed by atoms with Crippen molar-refractivity contribution in [2.24, 2.45) is 4.99 Å². The molecular formula is C36H41N9O4. The van der Waals surface area contributed by atoms with Crippen LogP contribution in [-0.4, -0.2) is 81.6 Å². The first-order chi connectivity index (χ1) is 23.9. The van der Waals surface area contributed by atoms with Crippen molar-refractivity contribution in [3.05, 3.63) is 108 Å². The largest absolute Gasteiger partial charge is 0.491 e. The molecule has 7 rings (SSSR count). The Kier molecular flexibility index (Phi) is 9.27. The van der Waals surface area contributed by atoms with E-state index < -0.39 is 5.79 Å². The molecule has 2 aromatic heterocycles. The molecule has 13 heteroatoms. The van der Waals surface area contributed by atoms with Crippen LogP contribution in [0.25, 0.3) is 5.69 Å². The van der Waals surface area contributed by atoms with E-state index in [2.05, 4.69) is 68.0 Å². The second kappa shape index (κ2) is 14.1. The molecule has 0 aliphatic carbocycles. The third-order valence-corrected chi connectivity index (χ3v) is 9.28. The van der Waals surface area contributed by atoms with E-state index in [4.69, 9.17) is 14.2 Å². The summed E-state index contributed by atoms with van der Waals surface area (Å²) in [6.45, 7) is 12.2. The molecule has 254 valence electrons. The minimum atomic E-state index is -1.04. The Morgan fingerprint density at radius 1 is 0.898 bits per heavy atom. The van der Waals surface area contributed by atoms with Crippen LogP contribution in [0.5, 0.6) is 5.75 Å². The van der Waals surface area contributed by atoms with Gasteiger partial charge in [0.1, 0.15) is 31.3 Å². The molecule has 4 heterocycles. The van der Waals surface area contributed by atoms with Crippen LogP contribution in [0.4, 0.5) is 17.1 Å². The summed E-state index contributed by atoms with van der Waals surface area (Å²) in [5.74, 6) is -0.273. The van der Waals surface area contributed by atoms with Gasteiger partial charge in [-0.3, -0.25) is 4.99 Å². The number of hydrogen-bond acceptors (Lipinski definition) is 10. The van der Waals surface area contributed by atoms with Crippen molar-refractivity contribution >= 4 is 23.8 Å². The van der Waals surface area contributed by atoms with Crippen molar-refractivity contribution in [3.8, 4) is 11.4 Å². The number of benzene rings is 3. The van der Waals surface area contributed by atoms with Crippen LogP contribution in [0.1, 0.15) is 31.9 Å². The third-order valence-electron chi connectivity index (χ3n) is 9.28. The van der Waals surface area contributed by atoms with E-state index in [-0.39, 0.29) is 17.8 Å². The number of aromatic nitrogens is 6. The smallest absolute Gasteiger partial charge is 0.350 e. The second-order valence-electron chi connectivity index (χ2n) is 12.3. The van der Waals surface area contributed by atoms with E-state index >= 15 is 0 Å². The molecule has 2 fully saturated rings. The average Bonchev–Trinajstić information content (AvgIpc) is 3.92. The van der Waals surface area contributed by atoms with E-state index in [0.29, 0.717) is 19.8 Å². The predicted octanol–water partition coefficient (Wildman–Crippen LogP) is 4.60. The number of nitrogens with zero attached hydrogens (tertiary/aromatic N) is 9. The Labute approximate surface area is 285 Å². The van der Waals surface area contributed by atoms with Crippen LogP contribution in [0.3, 0.4) is 0 Å². The molecule has 3 unspecified atom stereocenters. The van der Waals surface area contributed by atoms with Gasteiger partial charge >= 0.3 is 5.69 Å². The molecule has 13 nitrogen and oxygen atoms in total. The topological polar surface area (TPSA) is 117 Å². The number of rotatable bonds is 12. The van der Waals surface area contributed by atoms with Gasteiger partial charge in [0, 0.05) is 43.1 Å². The summed E-state index contributed by atoms with van der Waals surface area (Å²) in [5, 5.41) is 12.8. The van der Waals surface area contributed by atoms with E-state index in [0.717, 1.165) is 66.7 Å². The fourth-order valence-electron chi connectivity index (χ4n) is 6.26. The highest BCUT2D eigenvalue weighted by Crippen LogP contribution is 2.37. The van der Waals surface area contributed by atoms with E-state index in [1.807, 2.05) is 55.5 Å². The zero-order chi connectivity index (χ0) is 33.8. The maximum Gasteiger partial charge on any atom is 0.350 e. The van der Waals surface area contributed by atoms with Crippen molar-refractivity contribution in [2.75, 3.05) is 49.2 Å². The molecule has 5 aromatic rings. The van der Waals surface area contributed by atoms with E-state index in [1.165, 1.54) is 0 Å². The maximum absolute atomic E-state index is 12.8. The van der Waals surface area contributed by atoms with Crippen LogP contribution < -0.4 is 20.2 Å². The lowest BCUT2D eigenvalue weighted by Gasteiger charge is -2.37. The molecule has 2 aliphatic heterocycles. The first kappa shape index (κ1) is 32.3. The average molecular weight is 664 g/mol. The highest BCUT2D eigenvalue weighted by molar-refractivity contribution is 5.55. The Bertz CT molecular complexity index is 1880. The molecule has 2 saturated heterocycles. The third kappa shape index (κ3) is 6.85. The van der Waals surface area contributed by atoms with Gasteiger partial charge in [-0.15, -0.1) is 0 Å². The van der Waals surface area contributed by atoms with Gasteiger partial charge in [0.15, 0.2) is 0 Å². The zero-order valence-corrected chi connectivity index (χ0v) is 27.8. The Hall–Kier alpha value is -5.27. The van der Waals surface area contributed by atoms with Gasteiger partial charge in [-0.25, -0.2) is 14.0 Å². The second-order valence-corrected chi connectivity index (χ2v) is 12.3. The van der Waals surface area contributed by atoms with Gasteiger partial charge in [0.2, 0.25) is 5.79 Å². The van der Waals surface area contributed by atoms with Crippen LogP contribution >= 0.6 is 0 Å². The summed E-state index contributed by atoms with van der Waals surface area (Å²) < 4.78 is 22.1. The molecule has 0 spiro atoms. The van der Waals surface area contributed by atoms with Crippen molar-refractivity contribution in [1.29, 1.82) is 0 Å². The van der Waals surface area contributed by atoms with Gasteiger partial charge < -0.3 is 24.0 Å². The van der Waals surface area contributed by atoms with Crippen molar-refractivity contribution in [3.63, 3.8) is 0 Å². The Morgan fingerprint density at radius 3 is 2.12 bits per heavy atom. The monoisotopic (exact) mass is 663 g/mol. The molecule has 3 atom stereocenters. The minimum absolute atomic E-state index is 0.0679. The van der Waals surface area contributed by atoms with Crippen molar-refractivity contribution in [2.45, 2.75) is 44.7 Å². The quantitative estimate of drug-likeness (QED) is 0.177. The molecular weight excluding hydrogens is 622 g/mol. The number of hydrogen-bond donors (Lipinski definition) is 0. The molecule has 0 radical (unpaired) electrons. The number of aliphatic imine (C=N–C) groups is 1. The highest BCUT2D eigenvalue weighted by atomic mass is 16.8. The lowest BCUT2D eigenvalue weighted by molar-refractivity contribution is -0.192. The lowest BCUT2D eigenvalue weighted by Crippen LogP contribution is -2.46. The van der Waals surface area contributed by atoms with Crippen molar-refractivity contribution in [1.82, 2.24) is 29.3 Å². The summed E-state index contributed by atoms with van der Waals surface area (Å²) in [4.78, 5) is 23.1. The standard InChI is InChI=1S/C36H41N9O4/c1-4-27(2)45-35(46)43(26-40-45)32-11-9-30(10-12-32)41-19-21-42(22-20-41)31-13-15-33(16-14-31)47-23-34-24-48-36(49-34,25-44-38-17-18-39-44)28-5-7-29(37-3)8-6-28/h5-18,26-27,34H,3-4,19-25H2,1-2H3. The van der Waals surface area contributed by atoms with Crippen LogP contribution in [0, 0.1) is 0 Å². The van der Waals surface area contributed by atoms with Gasteiger partial charge in [-0.1, -0.05) is 19.1 Å². The van der Waals surface area contributed by atoms with E-state index in [1.54, 1.807) is 32.8 Å². The van der Waals surface area contributed by atoms with Crippen LogP contribution in [0.15, 0.2) is 101 Å². The molecule has 3 aromatic carbocycles. The first-order valence-electron chi connectivity index (χ1n) is 16.7. The fourth-order valence-corrected chi connectivity index (χ4v) is 6.26. The molecule has 0 amide bonds. The fraction of sp³-hybridized carbons (Fsp3) is 0.361. The first-order valence-corrected chi connectivity index (χ1v) is 16.7. The summed E-state index contributed by atoms with van der Waals surface area (Å²) in [6, 6.07) is 24.0. The van der Waals surface area contributed by atoms with Gasteiger partial charge in [0.25, 0.3) is 0 Å². The highest BCUT2D eigenvalue weighted by Gasteiger charge is 2.44. The summed E-state index contributed by atoms with van der Waals surface area (Å²) in [6.07, 6.45) is 5.44. The SMILES string of the molecule is C=Nc1ccc(C2(Cn3nccn3)OCC(COc3ccc(N4CCN(c5ccc(-n6cnn(C(C)CC)c6=O)cc5)CC4)cc3)O2)cc1. The lowest BCUT2D eigenvalue weighted by atomic mass is 10.1. The van der Waals surface area contributed by atoms with E-state index in [9.17, 15) is 4.79 Å². The Balaban J connectivity index is 0.919. The van der Waals surface area contributed by atoms with Crippen LogP contribution in [-0.2, 0) is 21.8 Å². The molecule has 2 aliphatic rings. The van der Waals surface area contributed by atoms with Gasteiger partial charge in [0.05, 0.1) is 36.4 Å². The Morgan fingerprint density at radius 2 is 1.51 bits per heavy atom. The summed E-state index contributed by atoms with van der Waals surface area (Å²) in [7, 11) is 0. The zero-order valence-electron chi connectivity index (χ0n) is 27.8. The molecule has 0 N–H and O–H groups in total.